The molecule has 6 nitrogen and oxygen atoms in total. The topological polar surface area (TPSA) is 55.4 Å². The second-order valence-corrected chi connectivity index (χ2v) is 7.09. The van der Waals surface area contributed by atoms with E-state index in [2.05, 4.69) is 0 Å². The van der Waals surface area contributed by atoms with Gasteiger partial charge in [0.25, 0.3) is 0 Å². The third-order valence-electron chi connectivity index (χ3n) is 3.84. The largest absolute Gasteiger partial charge is 0.376 e. The van der Waals surface area contributed by atoms with Gasteiger partial charge in [0.2, 0.25) is 0 Å². The van der Waals surface area contributed by atoms with Crippen LogP contribution in [-0.2, 0) is 28.4 Å². The van der Waals surface area contributed by atoms with Crippen molar-refractivity contribution in [2.45, 2.75) is 89.9 Å². The molecular weight excluding hydrogens is 276 g/mol. The van der Waals surface area contributed by atoms with Gasteiger partial charge in [-0.1, -0.05) is 0 Å². The van der Waals surface area contributed by atoms with Crippen LogP contribution in [0.5, 0.6) is 0 Å². The summed E-state index contributed by atoms with van der Waals surface area (Å²) in [7, 11) is 0. The zero-order valence-corrected chi connectivity index (χ0v) is 13.6. The predicted molar refractivity (Wildman–Crippen MR) is 73.6 cm³/mol. The molecule has 0 amide bonds. The second-order valence-electron chi connectivity index (χ2n) is 7.09. The highest BCUT2D eigenvalue weighted by atomic mass is 16.9. The zero-order chi connectivity index (χ0) is 15.4. The summed E-state index contributed by atoms with van der Waals surface area (Å²) in [5, 5.41) is 0. The molecule has 3 fully saturated rings. The van der Waals surface area contributed by atoms with Crippen LogP contribution >= 0.6 is 0 Å². The van der Waals surface area contributed by atoms with Gasteiger partial charge in [0.1, 0.15) is 24.4 Å². The molecule has 0 saturated carbocycles. The lowest BCUT2D eigenvalue weighted by Crippen LogP contribution is -2.56. The van der Waals surface area contributed by atoms with Crippen LogP contribution in [0.2, 0.25) is 0 Å². The van der Waals surface area contributed by atoms with Gasteiger partial charge in [-0.15, -0.1) is 0 Å². The van der Waals surface area contributed by atoms with Gasteiger partial charge in [-0.2, -0.15) is 0 Å². The normalized spacial score (nSPS) is 43.9. The van der Waals surface area contributed by atoms with Gasteiger partial charge in [0.15, 0.2) is 17.9 Å². The summed E-state index contributed by atoms with van der Waals surface area (Å²) < 4.78 is 35.5. The van der Waals surface area contributed by atoms with E-state index in [1.165, 1.54) is 0 Å². The van der Waals surface area contributed by atoms with Crippen LogP contribution in [0.1, 0.15) is 41.5 Å². The van der Waals surface area contributed by atoms with E-state index < -0.39 is 17.9 Å². The number of hydrogen-bond donors (Lipinski definition) is 0. The molecule has 6 heteroatoms. The highest BCUT2D eigenvalue weighted by molar-refractivity contribution is 5.00. The molecule has 0 unspecified atom stereocenters. The Bertz CT molecular complexity index is 394. The first kappa shape index (κ1) is 15.6. The average Bonchev–Trinajstić information content (AvgIpc) is 2.80. The number of hydrogen-bond acceptors (Lipinski definition) is 6. The summed E-state index contributed by atoms with van der Waals surface area (Å²) >= 11 is 0. The fourth-order valence-electron chi connectivity index (χ4n) is 3.11. The highest BCUT2D eigenvalue weighted by Crippen LogP contribution is 2.44. The van der Waals surface area contributed by atoms with Crippen molar-refractivity contribution in [3.63, 3.8) is 0 Å². The van der Waals surface area contributed by atoms with Crippen molar-refractivity contribution in [1.29, 1.82) is 0 Å². The van der Waals surface area contributed by atoms with Gasteiger partial charge in [-0.3, -0.25) is 0 Å². The van der Waals surface area contributed by atoms with Crippen molar-refractivity contribution < 1.29 is 28.4 Å². The Balaban J connectivity index is 1.78. The van der Waals surface area contributed by atoms with E-state index in [4.69, 9.17) is 28.4 Å². The minimum absolute atomic E-state index is 0.136. The van der Waals surface area contributed by atoms with Crippen molar-refractivity contribution >= 4 is 0 Å². The molecule has 0 aromatic carbocycles. The Kier molecular flexibility index (Phi) is 3.83. The molecule has 3 heterocycles. The van der Waals surface area contributed by atoms with E-state index in [1.54, 1.807) is 0 Å². The molecule has 0 aliphatic carbocycles. The number of rotatable bonds is 3. The summed E-state index contributed by atoms with van der Waals surface area (Å²) in [4.78, 5) is 0. The van der Waals surface area contributed by atoms with Crippen LogP contribution in [0, 0.1) is 0 Å². The standard InChI is InChI=1S/C15H26O6/c1-8(2)16-7-9-10-11(19-14(3,4)18-10)12-13(17-9)21-15(5,6)20-12/h8-13H,7H2,1-6H3/t9-,10-,11+,12+,13+/m0/s1. The van der Waals surface area contributed by atoms with Crippen LogP contribution < -0.4 is 0 Å². The van der Waals surface area contributed by atoms with Crippen molar-refractivity contribution in [1.82, 2.24) is 0 Å². The van der Waals surface area contributed by atoms with Crippen LogP contribution in [0.25, 0.3) is 0 Å². The lowest BCUT2D eigenvalue weighted by molar-refractivity contribution is -0.244. The van der Waals surface area contributed by atoms with E-state index in [1.807, 2.05) is 41.5 Å². The third-order valence-corrected chi connectivity index (χ3v) is 3.84. The molecule has 0 spiro atoms. The lowest BCUT2D eigenvalue weighted by Gasteiger charge is -2.37. The van der Waals surface area contributed by atoms with Crippen molar-refractivity contribution in [2.24, 2.45) is 0 Å². The van der Waals surface area contributed by atoms with Gasteiger partial charge in [-0.25, -0.2) is 0 Å². The summed E-state index contributed by atoms with van der Waals surface area (Å²) in [5.41, 5.74) is 0. The second kappa shape index (κ2) is 5.15. The third kappa shape index (κ3) is 3.11. The minimum Gasteiger partial charge on any atom is -0.376 e. The molecular formula is C15H26O6. The van der Waals surface area contributed by atoms with Gasteiger partial charge < -0.3 is 28.4 Å². The Hall–Kier alpha value is -0.240. The monoisotopic (exact) mass is 302 g/mol. The molecule has 0 aromatic rings. The molecule has 0 N–H and O–H groups in total. The fraction of sp³-hybridized carbons (Fsp3) is 1.00. The first-order valence-electron chi connectivity index (χ1n) is 7.65. The Morgan fingerprint density at radius 1 is 0.857 bits per heavy atom. The molecule has 21 heavy (non-hydrogen) atoms. The van der Waals surface area contributed by atoms with Crippen molar-refractivity contribution in [3.05, 3.63) is 0 Å². The maximum absolute atomic E-state index is 6.03. The molecule has 0 aromatic heterocycles. The Morgan fingerprint density at radius 2 is 1.43 bits per heavy atom. The molecule has 3 rings (SSSR count). The summed E-state index contributed by atoms with van der Waals surface area (Å²) in [5.74, 6) is -1.33. The SMILES string of the molecule is CC(C)OC[C@@H]1O[C@@H]2OC(C)(C)O[C@@H]2[C@@H]2OC(C)(C)O[C@H]21. The molecule has 0 bridgehead atoms. The average molecular weight is 302 g/mol. The molecule has 122 valence electrons. The summed E-state index contributed by atoms with van der Waals surface area (Å²) in [6, 6.07) is 0. The minimum atomic E-state index is -0.677. The van der Waals surface area contributed by atoms with Gasteiger partial charge in [0, 0.05) is 0 Å². The molecule has 5 atom stereocenters. The predicted octanol–water partition coefficient (Wildman–Crippen LogP) is 1.81. The van der Waals surface area contributed by atoms with E-state index in [-0.39, 0.29) is 30.5 Å². The van der Waals surface area contributed by atoms with Crippen LogP contribution in [0.15, 0.2) is 0 Å². The molecule has 3 aliphatic heterocycles. The highest BCUT2D eigenvalue weighted by Gasteiger charge is 2.60. The van der Waals surface area contributed by atoms with Crippen LogP contribution in [-0.4, -0.2) is 55.0 Å². The summed E-state index contributed by atoms with van der Waals surface area (Å²) in [6.07, 6.45) is -1.23. The first-order valence-corrected chi connectivity index (χ1v) is 7.65. The van der Waals surface area contributed by atoms with E-state index in [0.717, 1.165) is 0 Å². The van der Waals surface area contributed by atoms with Crippen molar-refractivity contribution in [2.75, 3.05) is 6.61 Å². The van der Waals surface area contributed by atoms with Gasteiger partial charge in [-0.05, 0) is 41.5 Å². The smallest absolute Gasteiger partial charge is 0.190 e. The number of fused-ring (bicyclic) bond motifs is 3. The van der Waals surface area contributed by atoms with E-state index in [9.17, 15) is 0 Å². The quantitative estimate of drug-likeness (QED) is 0.792. The van der Waals surface area contributed by atoms with Crippen LogP contribution in [0.3, 0.4) is 0 Å². The number of ether oxygens (including phenoxy) is 6. The molecule has 3 saturated heterocycles. The van der Waals surface area contributed by atoms with Crippen LogP contribution in [0.4, 0.5) is 0 Å². The zero-order valence-electron chi connectivity index (χ0n) is 13.6. The first-order chi connectivity index (χ1) is 9.67. The van der Waals surface area contributed by atoms with Gasteiger partial charge in [0.05, 0.1) is 12.7 Å². The summed E-state index contributed by atoms with van der Waals surface area (Å²) in [6.45, 7) is 12.0. The molecule has 0 radical (unpaired) electrons. The Morgan fingerprint density at radius 3 is 2.10 bits per heavy atom. The van der Waals surface area contributed by atoms with E-state index >= 15 is 0 Å². The molecule has 3 aliphatic rings. The fourth-order valence-corrected chi connectivity index (χ4v) is 3.11. The van der Waals surface area contributed by atoms with Gasteiger partial charge >= 0.3 is 0 Å². The van der Waals surface area contributed by atoms with Crippen molar-refractivity contribution in [3.8, 4) is 0 Å². The lowest BCUT2D eigenvalue weighted by atomic mass is 9.99. The Labute approximate surface area is 126 Å². The maximum Gasteiger partial charge on any atom is 0.190 e. The van der Waals surface area contributed by atoms with E-state index in [0.29, 0.717) is 6.61 Å². The maximum atomic E-state index is 6.03.